The van der Waals surface area contributed by atoms with E-state index in [1.165, 1.54) is 0 Å². The normalized spacial score (nSPS) is 21.8. The van der Waals surface area contributed by atoms with Gasteiger partial charge in [-0.25, -0.2) is 33.6 Å². The number of benzene rings is 5. The SMILES string of the molecule is O=C1OC2C(O)=C(Oc3c(C(=O)O[C@@H]4O[C@@H]5COC(=O)c6cc(O)c(O)c(O)c6-c6c(cc(O)c(O)c6O)C(=O)O[C@H]5[C@H](OC(=O)c5cc(O)c(O)c(O)c5)[C@H]4OC(=O)c4cc(O)c(O)c(O)c4)cc(O)c(O)c3O)C=C3C(=O)OC4C(O)=C(O)C=C1C4=C32. The largest absolute Gasteiger partial charge is 0.505 e. The molecule has 5 aromatic rings. The Hall–Kier alpha value is -12.8. The number of esters is 7. The van der Waals surface area contributed by atoms with Gasteiger partial charge < -0.3 is 135 Å². The number of hydrogen-bond acceptors (Lipinski definition) is 34. The summed E-state index contributed by atoms with van der Waals surface area (Å²) >= 11 is 0. The lowest BCUT2D eigenvalue weighted by Gasteiger charge is -2.43. The number of aromatic hydroxyl groups is 15. The number of aliphatic hydroxyl groups is 3. The van der Waals surface area contributed by atoms with Crippen molar-refractivity contribution < 1.29 is 168 Å². The van der Waals surface area contributed by atoms with Gasteiger partial charge in [-0.1, -0.05) is 0 Å². The molecule has 0 bridgehead atoms. The number of fused-ring (bicyclic) bond motifs is 4. The maximum Gasteiger partial charge on any atom is 0.344 e. The fraction of sp³-hybridized carbons (Fsp3) is 0.145. The first-order valence-electron chi connectivity index (χ1n) is 24.8. The predicted octanol–water partition coefficient (Wildman–Crippen LogP) is 2.17. The molecule has 0 radical (unpaired) electrons. The minimum atomic E-state index is -2.87. The summed E-state index contributed by atoms with van der Waals surface area (Å²) in [7, 11) is 0. The van der Waals surface area contributed by atoms with Crippen molar-refractivity contribution >= 4 is 41.8 Å². The lowest BCUT2D eigenvalue weighted by molar-refractivity contribution is -0.282. The second-order valence-electron chi connectivity index (χ2n) is 19.5. The summed E-state index contributed by atoms with van der Waals surface area (Å²) in [4.78, 5) is 99.3. The molecule has 34 heteroatoms. The molecule has 4 aliphatic heterocycles. The smallest absolute Gasteiger partial charge is 0.344 e. The van der Waals surface area contributed by atoms with E-state index in [9.17, 15) is 125 Å². The first-order chi connectivity index (χ1) is 42.0. The molecule has 0 spiro atoms. The van der Waals surface area contributed by atoms with E-state index in [2.05, 4.69) is 0 Å². The molecule has 0 aromatic heterocycles. The van der Waals surface area contributed by atoms with Crippen LogP contribution < -0.4 is 4.74 Å². The Balaban J connectivity index is 1.06. The first kappa shape index (κ1) is 58.0. The summed E-state index contributed by atoms with van der Waals surface area (Å²) in [5.41, 5.74) is -9.41. The van der Waals surface area contributed by atoms with Crippen LogP contribution in [0.1, 0.15) is 51.8 Å². The van der Waals surface area contributed by atoms with Crippen LogP contribution in [0.3, 0.4) is 0 Å². The van der Waals surface area contributed by atoms with Crippen LogP contribution in [0.15, 0.2) is 99.9 Å². The summed E-state index contributed by atoms with van der Waals surface area (Å²) in [6, 6.07) is 2.88. The molecule has 34 nitrogen and oxygen atoms in total. The van der Waals surface area contributed by atoms with Crippen LogP contribution >= 0.6 is 0 Å². The number of ether oxygens (including phenoxy) is 9. The number of allylic oxidation sites excluding steroid dienone is 2. The molecule has 0 amide bonds. The van der Waals surface area contributed by atoms with Crippen molar-refractivity contribution in [2.45, 2.75) is 42.9 Å². The van der Waals surface area contributed by atoms with Gasteiger partial charge in [-0.3, -0.25) is 0 Å². The Morgan fingerprint density at radius 2 is 0.888 bits per heavy atom. The topological polar surface area (TPSA) is 567 Å². The van der Waals surface area contributed by atoms with Crippen LogP contribution in [0, 0.1) is 0 Å². The maximum absolute atomic E-state index is 14.9. The fourth-order valence-corrected chi connectivity index (χ4v) is 9.99. The number of aliphatic hydroxyl groups excluding tert-OH is 3. The monoisotopic (exact) mass is 1240 g/mol. The Morgan fingerprint density at radius 1 is 0.438 bits per heavy atom. The summed E-state index contributed by atoms with van der Waals surface area (Å²) in [5, 5.41) is 192. The van der Waals surface area contributed by atoms with E-state index in [4.69, 9.17) is 42.6 Å². The second-order valence-corrected chi connectivity index (χ2v) is 19.5. The number of hydrogen-bond donors (Lipinski definition) is 18. The molecule has 2 unspecified atom stereocenters. The number of carbonyl (C=O) groups excluding carboxylic acids is 7. The molecule has 18 N–H and O–H groups in total. The summed E-state index contributed by atoms with van der Waals surface area (Å²) in [6.45, 7) is -1.43. The highest BCUT2D eigenvalue weighted by Crippen LogP contribution is 2.55. The Labute approximate surface area is 489 Å². The molecule has 4 heterocycles. The fourth-order valence-electron chi connectivity index (χ4n) is 9.99. The molecule has 0 saturated carbocycles. The third kappa shape index (κ3) is 9.31. The molecule has 460 valence electrons. The van der Waals surface area contributed by atoms with Crippen LogP contribution in [-0.2, 0) is 47.5 Å². The van der Waals surface area contributed by atoms with Gasteiger partial charge >= 0.3 is 41.8 Å². The van der Waals surface area contributed by atoms with Gasteiger partial charge in [-0.05, 0) is 48.6 Å². The third-order valence-corrected chi connectivity index (χ3v) is 14.2. The van der Waals surface area contributed by atoms with Gasteiger partial charge in [0.15, 0.2) is 116 Å². The van der Waals surface area contributed by atoms with Crippen LogP contribution in [0.25, 0.3) is 11.1 Å². The lowest BCUT2D eigenvalue weighted by atomic mass is 9.78. The number of carbonyl (C=O) groups is 7. The van der Waals surface area contributed by atoms with E-state index in [0.29, 0.717) is 48.5 Å². The van der Waals surface area contributed by atoms with E-state index < -0.39 is 256 Å². The van der Waals surface area contributed by atoms with E-state index in [1.807, 2.05) is 0 Å². The minimum Gasteiger partial charge on any atom is -0.505 e. The molecule has 11 rings (SSSR count). The highest BCUT2D eigenvalue weighted by atomic mass is 16.7. The molecule has 7 atom stereocenters. The van der Waals surface area contributed by atoms with Gasteiger partial charge in [0.2, 0.25) is 35.4 Å². The maximum atomic E-state index is 14.9. The van der Waals surface area contributed by atoms with Gasteiger partial charge in [0, 0.05) is 28.3 Å². The van der Waals surface area contributed by atoms with Crippen molar-refractivity contribution in [3.8, 4) is 103 Å². The molecule has 1 saturated heterocycles. The van der Waals surface area contributed by atoms with Crippen molar-refractivity contribution in [1.29, 1.82) is 0 Å². The lowest BCUT2D eigenvalue weighted by Crippen LogP contribution is -2.63. The van der Waals surface area contributed by atoms with Crippen LogP contribution in [-0.4, -0.2) is 183 Å². The summed E-state index contributed by atoms with van der Waals surface area (Å²) < 4.78 is 50.5. The molecule has 89 heavy (non-hydrogen) atoms. The molecule has 2 aliphatic carbocycles. The van der Waals surface area contributed by atoms with E-state index in [1.54, 1.807) is 0 Å². The zero-order valence-electron chi connectivity index (χ0n) is 43.5. The zero-order chi connectivity index (χ0) is 64.4. The first-order valence-corrected chi connectivity index (χ1v) is 24.8. The van der Waals surface area contributed by atoms with Crippen molar-refractivity contribution in [3.63, 3.8) is 0 Å². The van der Waals surface area contributed by atoms with Crippen LogP contribution in [0.2, 0.25) is 0 Å². The van der Waals surface area contributed by atoms with E-state index >= 15 is 0 Å². The van der Waals surface area contributed by atoms with E-state index in [0.717, 1.165) is 6.08 Å². The average Bonchev–Trinajstić information content (AvgIpc) is 0.934. The van der Waals surface area contributed by atoms with Gasteiger partial charge in [0.25, 0.3) is 0 Å². The van der Waals surface area contributed by atoms with Crippen molar-refractivity contribution in [1.82, 2.24) is 0 Å². The zero-order valence-corrected chi connectivity index (χ0v) is 43.5. The van der Waals surface area contributed by atoms with E-state index in [-0.39, 0.29) is 11.1 Å². The number of phenolic OH excluding ortho intramolecular Hbond substituents is 15. The Kier molecular flexibility index (Phi) is 13.6. The standard InChI is InChI=1S/C55H36O34/c56-18-1-11(2-19(57)32(18)64)48(74)87-46-43-27(10-81-50(76)13-5-22(60)34(66)39(71)28(13)29-14(51(77)84-43)6-23(61)35(67)40(29)72)83-55(47(46)88-49(75)12-3-20(58)33(65)21(59)4-12)89-54(80)17-8-24(62)36(68)41(73)42(17)82-26-9-16-31-30-15(52(78)86-45(31)38(26)70)7-25(63)37(69)44(30)85-53(16)79/h1-9,27,43-47,55-73H,10H2/t27-,43-,44?,45?,46+,47-,55+/m1/s1. The number of rotatable bonds is 8. The van der Waals surface area contributed by atoms with Crippen molar-refractivity contribution in [2.75, 3.05) is 6.61 Å². The molecule has 5 aromatic carbocycles. The van der Waals surface area contributed by atoms with Crippen LogP contribution in [0.4, 0.5) is 0 Å². The van der Waals surface area contributed by atoms with Gasteiger partial charge in [0.05, 0.1) is 33.4 Å². The third-order valence-electron chi connectivity index (χ3n) is 14.2. The summed E-state index contributed by atoms with van der Waals surface area (Å²) in [6.07, 6.45) is -15.9. The molecular formula is C55H36O34. The minimum absolute atomic E-state index is 0.275. The van der Waals surface area contributed by atoms with Gasteiger partial charge in [-0.2, -0.15) is 0 Å². The molecule has 1 fully saturated rings. The van der Waals surface area contributed by atoms with Crippen LogP contribution in [0.5, 0.6) is 92.0 Å². The number of cyclic esters (lactones) is 1. The molecule has 6 aliphatic rings. The Bertz CT molecular complexity index is 4230. The quantitative estimate of drug-likeness (QED) is 0.0601. The average molecular weight is 1240 g/mol. The highest BCUT2D eigenvalue weighted by molar-refractivity contribution is 6.09. The summed E-state index contributed by atoms with van der Waals surface area (Å²) in [5.74, 6) is -37.6. The van der Waals surface area contributed by atoms with Crippen molar-refractivity contribution in [2.24, 2.45) is 0 Å². The van der Waals surface area contributed by atoms with Gasteiger partial charge in [-0.15, -0.1) is 0 Å². The predicted molar refractivity (Wildman–Crippen MR) is 274 cm³/mol. The Morgan fingerprint density at radius 3 is 1.42 bits per heavy atom. The van der Waals surface area contributed by atoms with Gasteiger partial charge in [0.1, 0.15) is 18.3 Å². The second kappa shape index (κ2) is 20.8. The molecular weight excluding hydrogens is 1200 g/mol. The van der Waals surface area contributed by atoms with Crippen molar-refractivity contribution in [3.05, 3.63) is 128 Å². The highest BCUT2D eigenvalue weighted by Gasteiger charge is 2.57. The number of phenols is 15.